The first-order chi connectivity index (χ1) is 13.2. The quantitative estimate of drug-likeness (QED) is 0.739. The third-order valence-electron chi connectivity index (χ3n) is 4.80. The van der Waals surface area contributed by atoms with Crippen LogP contribution in [0.3, 0.4) is 0 Å². The van der Waals surface area contributed by atoms with E-state index in [9.17, 15) is 4.79 Å². The van der Waals surface area contributed by atoms with E-state index in [2.05, 4.69) is 30.2 Å². The Morgan fingerprint density at radius 2 is 2.07 bits per heavy atom. The molecule has 0 bridgehead atoms. The molecule has 27 heavy (non-hydrogen) atoms. The molecule has 138 valence electrons. The molecule has 3 aromatic heterocycles. The van der Waals surface area contributed by atoms with Gasteiger partial charge < -0.3 is 15.2 Å². The monoisotopic (exact) mass is 363 g/mol. The molecule has 0 aromatic carbocycles. The molecule has 1 aliphatic rings. The van der Waals surface area contributed by atoms with Crippen LogP contribution in [0.5, 0.6) is 0 Å². The van der Waals surface area contributed by atoms with E-state index in [0.29, 0.717) is 18.1 Å². The van der Waals surface area contributed by atoms with Gasteiger partial charge in [-0.15, -0.1) is 0 Å². The second-order valence-corrected chi connectivity index (χ2v) is 6.64. The van der Waals surface area contributed by atoms with Crippen LogP contribution in [0.15, 0.2) is 43.2 Å². The number of hydrogen-bond acceptors (Lipinski definition) is 6. The van der Waals surface area contributed by atoms with Gasteiger partial charge in [0.1, 0.15) is 11.5 Å². The van der Waals surface area contributed by atoms with E-state index in [0.717, 1.165) is 36.5 Å². The van der Waals surface area contributed by atoms with Gasteiger partial charge in [0.05, 0.1) is 18.2 Å². The molecule has 0 saturated carbocycles. The van der Waals surface area contributed by atoms with Crippen molar-refractivity contribution in [3.05, 3.63) is 60.2 Å². The number of rotatable bonds is 4. The topological polar surface area (TPSA) is 99.7 Å². The van der Waals surface area contributed by atoms with E-state index in [1.807, 2.05) is 24.0 Å². The molecular weight excluding hydrogens is 342 g/mol. The number of aromatic amines is 1. The van der Waals surface area contributed by atoms with Gasteiger partial charge >= 0.3 is 0 Å². The largest absolute Gasteiger partial charge is 0.341 e. The summed E-state index contributed by atoms with van der Waals surface area (Å²) in [6.45, 7) is 3.33. The van der Waals surface area contributed by atoms with Gasteiger partial charge in [-0.3, -0.25) is 9.78 Å². The second-order valence-electron chi connectivity index (χ2n) is 6.64. The number of amides is 1. The lowest BCUT2D eigenvalue weighted by Gasteiger charge is -2.32. The van der Waals surface area contributed by atoms with Crippen LogP contribution in [-0.2, 0) is 0 Å². The van der Waals surface area contributed by atoms with Gasteiger partial charge in [0.2, 0.25) is 0 Å². The first-order valence-corrected chi connectivity index (χ1v) is 8.99. The Hall–Kier alpha value is -3.29. The van der Waals surface area contributed by atoms with Crippen molar-refractivity contribution in [2.24, 2.45) is 0 Å². The van der Waals surface area contributed by atoms with Crippen molar-refractivity contribution in [1.29, 1.82) is 0 Å². The van der Waals surface area contributed by atoms with Crippen LogP contribution in [0.2, 0.25) is 0 Å². The van der Waals surface area contributed by atoms with E-state index in [-0.39, 0.29) is 11.8 Å². The summed E-state index contributed by atoms with van der Waals surface area (Å²) >= 11 is 0. The van der Waals surface area contributed by atoms with Gasteiger partial charge in [0.25, 0.3) is 5.91 Å². The van der Waals surface area contributed by atoms with Crippen LogP contribution in [0, 0.1) is 6.92 Å². The van der Waals surface area contributed by atoms with Gasteiger partial charge in [0, 0.05) is 37.6 Å². The minimum atomic E-state index is -0.0313. The number of likely N-dealkylation sites (tertiary alicyclic amines) is 1. The molecule has 0 aliphatic carbocycles. The zero-order valence-electron chi connectivity index (χ0n) is 15.1. The highest BCUT2D eigenvalue weighted by molar-refractivity contribution is 5.92. The number of carbonyl (C=O) groups is 1. The molecule has 1 saturated heterocycles. The Balaban J connectivity index is 1.56. The van der Waals surface area contributed by atoms with E-state index >= 15 is 0 Å². The molecule has 0 spiro atoms. The Kier molecular flexibility index (Phi) is 4.78. The molecule has 1 aliphatic heterocycles. The summed E-state index contributed by atoms with van der Waals surface area (Å²) in [5, 5.41) is 3.31. The van der Waals surface area contributed by atoms with E-state index in [1.54, 1.807) is 24.8 Å². The second kappa shape index (κ2) is 7.53. The van der Waals surface area contributed by atoms with Crippen molar-refractivity contribution < 1.29 is 4.79 Å². The van der Waals surface area contributed by atoms with Gasteiger partial charge in [0.15, 0.2) is 5.82 Å². The summed E-state index contributed by atoms with van der Waals surface area (Å²) in [6.07, 6.45) is 10.1. The summed E-state index contributed by atoms with van der Waals surface area (Å²) < 4.78 is 0. The van der Waals surface area contributed by atoms with Crippen molar-refractivity contribution in [3.8, 4) is 0 Å². The lowest BCUT2D eigenvalue weighted by atomic mass is 9.94. The maximum Gasteiger partial charge on any atom is 0.271 e. The van der Waals surface area contributed by atoms with E-state index in [4.69, 9.17) is 0 Å². The molecule has 0 radical (unpaired) electrons. The number of piperidine rings is 1. The fraction of sp³-hybridized carbons (Fsp3) is 0.316. The average Bonchev–Trinajstić information content (AvgIpc) is 3.24. The molecule has 4 heterocycles. The molecule has 1 amide bonds. The van der Waals surface area contributed by atoms with Crippen molar-refractivity contribution in [2.45, 2.75) is 25.7 Å². The number of imidazole rings is 1. The lowest BCUT2D eigenvalue weighted by molar-refractivity contribution is 0.0700. The van der Waals surface area contributed by atoms with Crippen molar-refractivity contribution in [2.75, 3.05) is 18.4 Å². The number of nitrogens with one attached hydrogen (secondary N) is 2. The van der Waals surface area contributed by atoms with Crippen LogP contribution in [0.4, 0.5) is 11.6 Å². The number of aromatic nitrogens is 5. The SMILES string of the molecule is Cc1cccnc1Nc1nccnc1C1CCCN(C(=O)c2cnc[nH]2)C1. The molecule has 8 heteroatoms. The first-order valence-electron chi connectivity index (χ1n) is 8.99. The number of anilines is 2. The summed E-state index contributed by atoms with van der Waals surface area (Å²) in [5.74, 6) is 1.54. The van der Waals surface area contributed by atoms with Crippen molar-refractivity contribution >= 4 is 17.5 Å². The fourth-order valence-electron chi connectivity index (χ4n) is 3.40. The standard InChI is InChI=1S/C19H21N7O/c1-13-4-2-6-22-17(13)25-18-16(21-7-8-23-18)14-5-3-9-26(11-14)19(27)15-10-20-12-24-15/h2,4,6-8,10,12,14H,3,5,9,11H2,1H3,(H,20,24)(H,22,23,25). The third kappa shape index (κ3) is 3.64. The molecule has 1 fully saturated rings. The lowest BCUT2D eigenvalue weighted by Crippen LogP contribution is -2.39. The number of pyridine rings is 1. The molecule has 2 N–H and O–H groups in total. The van der Waals surface area contributed by atoms with Gasteiger partial charge in [-0.25, -0.2) is 15.0 Å². The van der Waals surface area contributed by atoms with Gasteiger partial charge in [-0.05, 0) is 31.4 Å². The Morgan fingerprint density at radius 3 is 2.89 bits per heavy atom. The molecule has 1 unspecified atom stereocenters. The normalized spacial score (nSPS) is 16.9. The van der Waals surface area contributed by atoms with Crippen LogP contribution in [-0.4, -0.2) is 48.8 Å². The smallest absolute Gasteiger partial charge is 0.271 e. The maximum atomic E-state index is 12.7. The summed E-state index contributed by atoms with van der Waals surface area (Å²) in [4.78, 5) is 34.8. The Labute approximate surface area is 157 Å². The molecule has 8 nitrogen and oxygen atoms in total. The Morgan fingerprint density at radius 1 is 1.22 bits per heavy atom. The number of nitrogens with zero attached hydrogens (tertiary/aromatic N) is 5. The van der Waals surface area contributed by atoms with Gasteiger partial charge in [-0.1, -0.05) is 6.07 Å². The predicted octanol–water partition coefficient (Wildman–Crippen LogP) is 2.67. The highest BCUT2D eigenvalue weighted by atomic mass is 16.2. The summed E-state index contributed by atoms with van der Waals surface area (Å²) in [6, 6.07) is 3.90. The highest BCUT2D eigenvalue weighted by Crippen LogP contribution is 2.31. The zero-order valence-corrected chi connectivity index (χ0v) is 15.1. The van der Waals surface area contributed by atoms with Crippen LogP contribution < -0.4 is 5.32 Å². The Bertz CT molecular complexity index is 925. The minimum absolute atomic E-state index is 0.0313. The third-order valence-corrected chi connectivity index (χ3v) is 4.80. The predicted molar refractivity (Wildman–Crippen MR) is 101 cm³/mol. The molecule has 3 aromatic rings. The number of H-pyrrole nitrogens is 1. The summed E-state index contributed by atoms with van der Waals surface area (Å²) in [5.41, 5.74) is 2.41. The number of hydrogen-bond donors (Lipinski definition) is 2. The highest BCUT2D eigenvalue weighted by Gasteiger charge is 2.28. The maximum absolute atomic E-state index is 12.7. The zero-order chi connectivity index (χ0) is 18.6. The number of carbonyl (C=O) groups excluding carboxylic acids is 1. The molecule has 4 rings (SSSR count). The number of aryl methyl sites for hydroxylation is 1. The van der Waals surface area contributed by atoms with Crippen LogP contribution in [0.1, 0.15) is 40.5 Å². The fourth-order valence-corrected chi connectivity index (χ4v) is 3.40. The first kappa shape index (κ1) is 17.1. The molecule has 1 atom stereocenters. The minimum Gasteiger partial charge on any atom is -0.341 e. The van der Waals surface area contributed by atoms with Crippen LogP contribution >= 0.6 is 0 Å². The molecular formula is C19H21N7O. The summed E-state index contributed by atoms with van der Waals surface area (Å²) in [7, 11) is 0. The van der Waals surface area contributed by atoms with Gasteiger partial charge in [-0.2, -0.15) is 0 Å². The van der Waals surface area contributed by atoms with E-state index < -0.39 is 0 Å². The van der Waals surface area contributed by atoms with Crippen molar-refractivity contribution in [3.63, 3.8) is 0 Å². The van der Waals surface area contributed by atoms with E-state index in [1.165, 1.54) is 6.33 Å². The average molecular weight is 363 g/mol. The van der Waals surface area contributed by atoms with Crippen LogP contribution in [0.25, 0.3) is 0 Å². The van der Waals surface area contributed by atoms with Crippen molar-refractivity contribution in [1.82, 2.24) is 29.8 Å².